The van der Waals surface area contributed by atoms with Crippen LogP contribution in [0.15, 0.2) is 65.7 Å². The molecular weight excluding hydrogens is 598 g/mol. The minimum atomic E-state index is -3.72. The average Bonchev–Trinajstić information content (AvgIpc) is 2.98. The fraction of sp³-hybridized carbons (Fsp3) is 0.441. The molecule has 0 atom stereocenters. The van der Waals surface area contributed by atoms with Crippen molar-refractivity contribution in [2.45, 2.75) is 83.8 Å². The summed E-state index contributed by atoms with van der Waals surface area (Å²) in [5, 5.41) is 3.55. The molecule has 1 aliphatic rings. The molecule has 1 N–H and O–H groups in total. The molecule has 1 heterocycles. The Balaban J connectivity index is 1.20. The van der Waals surface area contributed by atoms with E-state index in [1.54, 1.807) is 54.7 Å². The molecule has 1 aliphatic carbocycles. The second-order valence-electron chi connectivity index (χ2n) is 12.6. The van der Waals surface area contributed by atoms with Gasteiger partial charge in [0.25, 0.3) is 16.0 Å². The van der Waals surface area contributed by atoms with E-state index >= 15 is 0 Å². The number of halogens is 1. The van der Waals surface area contributed by atoms with Crippen LogP contribution in [-0.2, 0) is 20.7 Å². The molecule has 10 heteroatoms. The van der Waals surface area contributed by atoms with Crippen LogP contribution < -0.4 is 10.1 Å². The molecule has 1 saturated carbocycles. The summed E-state index contributed by atoms with van der Waals surface area (Å²) in [6, 6.07) is 15.2. The van der Waals surface area contributed by atoms with Crippen LogP contribution in [0.3, 0.4) is 0 Å². The molecule has 0 aliphatic heterocycles. The van der Waals surface area contributed by atoms with Crippen molar-refractivity contribution in [2.75, 3.05) is 6.61 Å². The Morgan fingerprint density at radius 2 is 1.68 bits per heavy atom. The fourth-order valence-electron chi connectivity index (χ4n) is 6.21. The first-order valence-corrected chi connectivity index (χ1v) is 16.6. The number of benzene rings is 2. The maximum Gasteiger partial charge on any atom is 0.296 e. The van der Waals surface area contributed by atoms with E-state index in [1.165, 1.54) is 0 Å². The first kappa shape index (κ1) is 33.4. The van der Waals surface area contributed by atoms with E-state index in [0.29, 0.717) is 28.4 Å². The van der Waals surface area contributed by atoms with Gasteiger partial charge in [0, 0.05) is 28.8 Å². The Kier molecular flexibility index (Phi) is 10.4. The lowest BCUT2D eigenvalue weighted by Crippen LogP contribution is -2.74. The summed E-state index contributed by atoms with van der Waals surface area (Å²) in [5.41, 5.74) is 2.07. The van der Waals surface area contributed by atoms with E-state index in [-0.39, 0.29) is 40.4 Å². The van der Waals surface area contributed by atoms with Gasteiger partial charge in [-0.25, -0.2) is 4.85 Å². The van der Waals surface area contributed by atoms with Crippen LogP contribution in [0.2, 0.25) is 5.02 Å². The summed E-state index contributed by atoms with van der Waals surface area (Å²) < 4.78 is 36.0. The largest absolute Gasteiger partial charge is 0.489 e. The van der Waals surface area contributed by atoms with Crippen molar-refractivity contribution >= 4 is 33.3 Å². The van der Waals surface area contributed by atoms with Crippen molar-refractivity contribution in [3.63, 3.8) is 0 Å². The molecule has 0 radical (unpaired) electrons. The first-order valence-electron chi connectivity index (χ1n) is 14.8. The molecule has 234 valence electrons. The standard InChI is InChI=1S/C34H40ClN3O5S/c1-23-12-17-27(18-13-23)44(40,41)42-20-10-8-7-9-11-25-15-14-24(22-37-25)30(39)38-31-33(2,3)32(34(31,4)5)43-26-16-19-29(36-6)28(35)21-26/h12-19,21-22,31-32H,7-11,20H2,1-5H3,(H,38,39). The van der Waals surface area contributed by atoms with Gasteiger partial charge in [0.05, 0.1) is 28.7 Å². The second kappa shape index (κ2) is 13.7. The third-order valence-electron chi connectivity index (χ3n) is 8.37. The molecule has 8 nitrogen and oxygen atoms in total. The molecule has 0 spiro atoms. The molecule has 0 saturated heterocycles. The molecule has 0 unspecified atom stereocenters. The summed E-state index contributed by atoms with van der Waals surface area (Å²) in [7, 11) is -3.72. The molecule has 1 aromatic heterocycles. The predicted octanol–water partition coefficient (Wildman–Crippen LogP) is 7.71. The highest BCUT2D eigenvalue weighted by atomic mass is 35.5. The first-order chi connectivity index (χ1) is 20.8. The van der Waals surface area contributed by atoms with Gasteiger partial charge in [-0.1, -0.05) is 75.9 Å². The van der Waals surface area contributed by atoms with Gasteiger partial charge in [-0.2, -0.15) is 8.42 Å². The van der Waals surface area contributed by atoms with E-state index in [4.69, 9.17) is 27.1 Å². The van der Waals surface area contributed by atoms with E-state index < -0.39 is 10.1 Å². The molecule has 1 amide bonds. The summed E-state index contributed by atoms with van der Waals surface area (Å²) >= 11 is 6.20. The van der Waals surface area contributed by atoms with Crippen molar-refractivity contribution in [2.24, 2.45) is 10.8 Å². The number of aryl methyl sites for hydroxylation is 2. The number of nitrogens with one attached hydrogen (secondary N) is 1. The third-order valence-corrected chi connectivity index (χ3v) is 10.0. The topological polar surface area (TPSA) is 99.0 Å². The average molecular weight is 638 g/mol. The van der Waals surface area contributed by atoms with Crippen molar-refractivity contribution in [1.29, 1.82) is 0 Å². The summed E-state index contributed by atoms with van der Waals surface area (Å²) in [4.78, 5) is 21.2. The molecule has 44 heavy (non-hydrogen) atoms. The van der Waals surface area contributed by atoms with Crippen LogP contribution in [0.4, 0.5) is 5.69 Å². The van der Waals surface area contributed by atoms with Gasteiger partial charge >= 0.3 is 0 Å². The Hall–Kier alpha value is -3.45. The highest BCUT2D eigenvalue weighted by Gasteiger charge is 2.64. The highest BCUT2D eigenvalue weighted by Crippen LogP contribution is 2.55. The minimum absolute atomic E-state index is 0.138. The van der Waals surface area contributed by atoms with E-state index in [1.807, 2.05) is 13.0 Å². The number of aromatic nitrogens is 1. The SMILES string of the molecule is [C-]#[N+]c1ccc(OC2C(C)(C)C(NC(=O)c3ccc(CCCCCCOS(=O)(=O)c4ccc(C)cc4)nc3)C2(C)C)cc1Cl. The Bertz CT molecular complexity index is 1600. The van der Waals surface area contributed by atoms with Crippen molar-refractivity contribution in [3.8, 4) is 5.75 Å². The van der Waals surface area contributed by atoms with Crippen LogP contribution in [0.1, 0.15) is 75.0 Å². The lowest BCUT2D eigenvalue weighted by atomic mass is 9.49. The number of carbonyl (C=O) groups is 1. The number of pyridine rings is 1. The number of ether oxygens (including phenoxy) is 1. The minimum Gasteiger partial charge on any atom is -0.489 e. The monoisotopic (exact) mass is 637 g/mol. The number of hydrogen-bond donors (Lipinski definition) is 1. The van der Waals surface area contributed by atoms with Gasteiger partial charge in [-0.05, 0) is 62.6 Å². The van der Waals surface area contributed by atoms with Crippen LogP contribution in [0.5, 0.6) is 5.75 Å². The van der Waals surface area contributed by atoms with E-state index in [0.717, 1.165) is 36.9 Å². The van der Waals surface area contributed by atoms with E-state index in [2.05, 4.69) is 42.8 Å². The van der Waals surface area contributed by atoms with Crippen molar-refractivity contribution in [3.05, 3.63) is 94.1 Å². The summed E-state index contributed by atoms with van der Waals surface area (Å²) in [6.07, 6.45) is 5.53. The smallest absolute Gasteiger partial charge is 0.296 e. The van der Waals surface area contributed by atoms with Crippen molar-refractivity contribution < 1.29 is 22.1 Å². The Labute approximate surface area is 266 Å². The quantitative estimate of drug-likeness (QED) is 0.117. The van der Waals surface area contributed by atoms with Gasteiger partial charge in [-0.15, -0.1) is 0 Å². The maximum absolute atomic E-state index is 13.2. The van der Waals surface area contributed by atoms with Crippen LogP contribution in [-0.4, -0.2) is 38.1 Å². The van der Waals surface area contributed by atoms with Crippen LogP contribution in [0.25, 0.3) is 4.85 Å². The van der Waals surface area contributed by atoms with Gasteiger partial charge in [0.15, 0.2) is 0 Å². The molecular formula is C34H40ClN3O5S. The molecule has 4 rings (SSSR count). The number of unbranched alkanes of at least 4 members (excludes halogenated alkanes) is 3. The van der Waals surface area contributed by atoms with Crippen molar-refractivity contribution in [1.82, 2.24) is 10.3 Å². The number of carbonyl (C=O) groups excluding carboxylic acids is 1. The van der Waals surface area contributed by atoms with Gasteiger partial charge < -0.3 is 10.1 Å². The fourth-order valence-corrected chi connectivity index (χ4v) is 7.37. The maximum atomic E-state index is 13.2. The highest BCUT2D eigenvalue weighted by molar-refractivity contribution is 7.86. The zero-order valence-corrected chi connectivity index (χ0v) is 27.5. The zero-order valence-electron chi connectivity index (χ0n) is 25.9. The molecule has 0 bridgehead atoms. The summed E-state index contributed by atoms with van der Waals surface area (Å²) in [6.45, 7) is 17.5. The van der Waals surface area contributed by atoms with E-state index in [9.17, 15) is 13.2 Å². The Morgan fingerprint density at radius 3 is 2.30 bits per heavy atom. The van der Waals surface area contributed by atoms with Crippen LogP contribution >= 0.6 is 11.6 Å². The number of nitrogens with zero attached hydrogens (tertiary/aromatic N) is 2. The van der Waals surface area contributed by atoms with Gasteiger partial charge in [0.1, 0.15) is 11.9 Å². The predicted molar refractivity (Wildman–Crippen MR) is 172 cm³/mol. The Morgan fingerprint density at radius 1 is 1.00 bits per heavy atom. The second-order valence-corrected chi connectivity index (χ2v) is 14.6. The number of hydrogen-bond acceptors (Lipinski definition) is 6. The molecule has 1 fully saturated rings. The normalized spacial score (nSPS) is 18.6. The lowest BCUT2D eigenvalue weighted by molar-refractivity contribution is -0.164. The third kappa shape index (κ3) is 7.60. The number of rotatable bonds is 13. The van der Waals surface area contributed by atoms with Crippen LogP contribution in [0, 0.1) is 24.3 Å². The van der Waals surface area contributed by atoms with Gasteiger partial charge in [-0.3, -0.25) is 14.0 Å². The zero-order chi connectivity index (χ0) is 32.1. The lowest BCUT2D eigenvalue weighted by Gasteiger charge is -2.63. The number of amides is 1. The molecule has 3 aromatic rings. The van der Waals surface area contributed by atoms with Gasteiger partial charge in [0.2, 0.25) is 5.69 Å². The summed E-state index contributed by atoms with van der Waals surface area (Å²) in [5.74, 6) is 0.413. The molecule has 2 aromatic carbocycles.